The number of aliphatic hydroxyl groups is 1. The lowest BCUT2D eigenvalue weighted by Crippen LogP contribution is -2.20. The van der Waals surface area contributed by atoms with Crippen molar-refractivity contribution in [2.75, 3.05) is 6.54 Å². The monoisotopic (exact) mass is 247 g/mol. The lowest BCUT2D eigenvalue weighted by Gasteiger charge is -2.11. The molecule has 2 nitrogen and oxygen atoms in total. The minimum absolute atomic E-state index is 0.434. The Morgan fingerprint density at radius 2 is 2.00 bits per heavy atom. The summed E-state index contributed by atoms with van der Waals surface area (Å²) in [6.45, 7) is 3.52. The molecule has 1 aromatic heterocycles. The molecule has 1 heterocycles. The molecule has 0 spiro atoms. The fourth-order valence-electron chi connectivity index (χ4n) is 1.70. The fourth-order valence-corrected chi connectivity index (χ4v) is 2.58. The number of thiophene rings is 1. The van der Waals surface area contributed by atoms with Gasteiger partial charge in [0, 0.05) is 18.0 Å². The first-order valence-corrected chi connectivity index (χ1v) is 6.62. The Morgan fingerprint density at radius 1 is 1.24 bits per heavy atom. The number of rotatable bonds is 5. The molecule has 0 bridgehead atoms. The van der Waals surface area contributed by atoms with Gasteiger partial charge in [-0.1, -0.05) is 30.3 Å². The van der Waals surface area contributed by atoms with E-state index in [0.29, 0.717) is 6.54 Å². The van der Waals surface area contributed by atoms with Gasteiger partial charge in [0.2, 0.25) is 0 Å². The van der Waals surface area contributed by atoms with Crippen LogP contribution in [0, 0.1) is 6.92 Å². The Morgan fingerprint density at radius 3 is 2.65 bits per heavy atom. The summed E-state index contributed by atoms with van der Waals surface area (Å²) in [6.07, 6.45) is -0.434. The van der Waals surface area contributed by atoms with Gasteiger partial charge in [-0.3, -0.25) is 0 Å². The highest BCUT2D eigenvalue weighted by Crippen LogP contribution is 2.15. The summed E-state index contributed by atoms with van der Waals surface area (Å²) in [5.74, 6) is 0. The summed E-state index contributed by atoms with van der Waals surface area (Å²) in [6, 6.07) is 11.9. The second-order valence-corrected chi connectivity index (χ2v) is 5.08. The molecule has 2 N–H and O–H groups in total. The first-order chi connectivity index (χ1) is 8.27. The lowest BCUT2D eigenvalue weighted by atomic mass is 10.1. The molecule has 90 valence electrons. The Labute approximate surface area is 106 Å². The van der Waals surface area contributed by atoms with Crippen LogP contribution >= 0.6 is 11.3 Å². The van der Waals surface area contributed by atoms with Gasteiger partial charge >= 0.3 is 0 Å². The van der Waals surface area contributed by atoms with E-state index in [-0.39, 0.29) is 0 Å². The van der Waals surface area contributed by atoms with Gasteiger partial charge in [-0.25, -0.2) is 0 Å². The number of aliphatic hydroxyl groups excluding tert-OH is 1. The third kappa shape index (κ3) is 3.40. The van der Waals surface area contributed by atoms with Gasteiger partial charge < -0.3 is 10.4 Å². The van der Waals surface area contributed by atoms with Crippen LogP contribution in [0.25, 0.3) is 0 Å². The normalized spacial score (nSPS) is 12.6. The van der Waals surface area contributed by atoms with Crippen molar-refractivity contribution < 1.29 is 5.11 Å². The molecule has 0 unspecified atom stereocenters. The number of hydrogen-bond donors (Lipinski definition) is 2. The van der Waals surface area contributed by atoms with E-state index in [9.17, 15) is 5.11 Å². The number of aryl methyl sites for hydroxylation is 1. The molecule has 0 saturated heterocycles. The van der Waals surface area contributed by atoms with Crippen molar-refractivity contribution in [3.63, 3.8) is 0 Å². The third-order valence-electron chi connectivity index (χ3n) is 2.78. The summed E-state index contributed by atoms with van der Waals surface area (Å²) < 4.78 is 0. The second kappa shape index (κ2) is 5.96. The summed E-state index contributed by atoms with van der Waals surface area (Å²) in [7, 11) is 0. The maximum Gasteiger partial charge on any atom is 0.0914 e. The molecule has 3 heteroatoms. The number of benzene rings is 1. The van der Waals surface area contributed by atoms with E-state index in [1.807, 2.05) is 30.3 Å². The Balaban J connectivity index is 1.81. The van der Waals surface area contributed by atoms with Crippen molar-refractivity contribution in [2.24, 2.45) is 0 Å². The van der Waals surface area contributed by atoms with Crippen molar-refractivity contribution >= 4 is 11.3 Å². The predicted octanol–water partition coefficient (Wildman–Crippen LogP) is 2.88. The van der Waals surface area contributed by atoms with Crippen molar-refractivity contribution in [2.45, 2.75) is 19.6 Å². The molecule has 17 heavy (non-hydrogen) atoms. The van der Waals surface area contributed by atoms with E-state index < -0.39 is 6.10 Å². The van der Waals surface area contributed by atoms with Gasteiger partial charge in [-0.15, -0.1) is 11.3 Å². The zero-order valence-corrected chi connectivity index (χ0v) is 10.7. The van der Waals surface area contributed by atoms with E-state index in [4.69, 9.17) is 0 Å². The van der Waals surface area contributed by atoms with Crippen molar-refractivity contribution in [1.82, 2.24) is 5.32 Å². The molecule has 0 saturated carbocycles. The molecule has 0 radical (unpaired) electrons. The van der Waals surface area contributed by atoms with Gasteiger partial charge in [0.05, 0.1) is 6.10 Å². The fraction of sp³-hybridized carbons (Fsp3) is 0.286. The zero-order valence-electron chi connectivity index (χ0n) is 9.89. The van der Waals surface area contributed by atoms with Gasteiger partial charge in [0.1, 0.15) is 0 Å². The third-order valence-corrected chi connectivity index (χ3v) is 3.80. The molecule has 2 aromatic rings. The highest BCUT2D eigenvalue weighted by molar-refractivity contribution is 7.10. The first kappa shape index (κ1) is 12.3. The highest BCUT2D eigenvalue weighted by Gasteiger charge is 2.06. The molecule has 1 aromatic carbocycles. The number of nitrogens with one attached hydrogen (secondary N) is 1. The smallest absolute Gasteiger partial charge is 0.0914 e. The molecule has 1 atom stereocenters. The predicted molar refractivity (Wildman–Crippen MR) is 72.2 cm³/mol. The summed E-state index contributed by atoms with van der Waals surface area (Å²) >= 11 is 1.75. The molecular formula is C14H17NOS. The standard InChI is InChI=1S/C14H17NOS/c1-11-7-8-17-14(11)10-15-9-13(16)12-5-3-2-4-6-12/h2-8,13,15-16H,9-10H2,1H3/t13-/m0/s1. The quantitative estimate of drug-likeness (QED) is 0.851. The van der Waals surface area contributed by atoms with E-state index in [1.54, 1.807) is 11.3 Å². The molecule has 0 fully saturated rings. The van der Waals surface area contributed by atoms with Crippen molar-refractivity contribution in [3.8, 4) is 0 Å². The molecule has 0 amide bonds. The highest BCUT2D eigenvalue weighted by atomic mass is 32.1. The van der Waals surface area contributed by atoms with Crippen LogP contribution in [0.2, 0.25) is 0 Å². The average molecular weight is 247 g/mol. The molecule has 0 aliphatic carbocycles. The SMILES string of the molecule is Cc1ccsc1CNC[C@H](O)c1ccccc1. The van der Waals surface area contributed by atoms with E-state index >= 15 is 0 Å². The van der Waals surface area contributed by atoms with Crippen LogP contribution in [-0.4, -0.2) is 11.7 Å². The van der Waals surface area contributed by atoms with Crippen LogP contribution in [-0.2, 0) is 6.54 Å². The zero-order chi connectivity index (χ0) is 12.1. The molecule has 2 rings (SSSR count). The molecule has 0 aliphatic rings. The Kier molecular flexibility index (Phi) is 4.31. The van der Waals surface area contributed by atoms with E-state index in [0.717, 1.165) is 12.1 Å². The Bertz CT molecular complexity index is 452. The average Bonchev–Trinajstić information content (AvgIpc) is 2.76. The number of hydrogen-bond acceptors (Lipinski definition) is 3. The van der Waals surface area contributed by atoms with Crippen LogP contribution in [0.4, 0.5) is 0 Å². The van der Waals surface area contributed by atoms with Crippen molar-refractivity contribution in [3.05, 3.63) is 57.8 Å². The van der Waals surface area contributed by atoms with E-state index in [2.05, 4.69) is 23.7 Å². The summed E-state index contributed by atoms with van der Waals surface area (Å²) in [5, 5.41) is 15.3. The maximum atomic E-state index is 9.96. The first-order valence-electron chi connectivity index (χ1n) is 5.74. The van der Waals surface area contributed by atoms with Crippen LogP contribution in [0.1, 0.15) is 22.1 Å². The minimum atomic E-state index is -0.434. The van der Waals surface area contributed by atoms with Crippen molar-refractivity contribution in [1.29, 1.82) is 0 Å². The van der Waals surface area contributed by atoms with E-state index in [1.165, 1.54) is 10.4 Å². The minimum Gasteiger partial charge on any atom is -0.387 e. The summed E-state index contributed by atoms with van der Waals surface area (Å²) in [5.41, 5.74) is 2.28. The Hall–Kier alpha value is -1.16. The van der Waals surface area contributed by atoms with Crippen LogP contribution in [0.15, 0.2) is 41.8 Å². The van der Waals surface area contributed by atoms with Gasteiger partial charge in [-0.2, -0.15) is 0 Å². The lowest BCUT2D eigenvalue weighted by molar-refractivity contribution is 0.174. The molecular weight excluding hydrogens is 230 g/mol. The summed E-state index contributed by atoms with van der Waals surface area (Å²) in [4.78, 5) is 1.34. The molecule has 0 aliphatic heterocycles. The maximum absolute atomic E-state index is 9.96. The topological polar surface area (TPSA) is 32.3 Å². The van der Waals surface area contributed by atoms with Crippen LogP contribution in [0.5, 0.6) is 0 Å². The van der Waals surface area contributed by atoms with Crippen LogP contribution < -0.4 is 5.32 Å². The van der Waals surface area contributed by atoms with Gasteiger partial charge in [-0.05, 0) is 29.5 Å². The largest absolute Gasteiger partial charge is 0.387 e. The van der Waals surface area contributed by atoms with Gasteiger partial charge in [0.15, 0.2) is 0 Å². The van der Waals surface area contributed by atoms with Gasteiger partial charge in [0.25, 0.3) is 0 Å². The van der Waals surface area contributed by atoms with Crippen LogP contribution in [0.3, 0.4) is 0 Å². The second-order valence-electron chi connectivity index (χ2n) is 4.08.